The first kappa shape index (κ1) is 21.8. The molecule has 2 N–H and O–H groups in total. The number of hydrogen-bond donors (Lipinski definition) is 2. The van der Waals surface area contributed by atoms with Crippen LogP contribution in [0.2, 0.25) is 0 Å². The molecule has 10 heteroatoms. The zero-order valence-electron chi connectivity index (χ0n) is 14.9. The van der Waals surface area contributed by atoms with Crippen LogP contribution in [0.3, 0.4) is 0 Å². The second-order valence-corrected chi connectivity index (χ2v) is 7.54. The number of nitro benzene ring substituents is 1. The van der Waals surface area contributed by atoms with Gasteiger partial charge in [0.15, 0.2) is 0 Å². The normalized spacial score (nSPS) is 13.3. The molecule has 0 saturated heterocycles. The van der Waals surface area contributed by atoms with Gasteiger partial charge in [-0.15, -0.1) is 0 Å². The van der Waals surface area contributed by atoms with Crippen molar-refractivity contribution in [2.24, 2.45) is 0 Å². The van der Waals surface area contributed by atoms with Crippen molar-refractivity contribution in [1.29, 1.82) is 0 Å². The Labute approximate surface area is 151 Å². The Morgan fingerprint density at radius 3 is 2.27 bits per heavy atom. The molecule has 1 atom stereocenters. The van der Waals surface area contributed by atoms with Gasteiger partial charge in [-0.25, -0.2) is 4.79 Å². The molecule has 1 rings (SSSR count). The highest BCUT2D eigenvalue weighted by atomic mass is 31.2. The summed E-state index contributed by atoms with van der Waals surface area (Å²) < 4.78 is 23.2. The maximum atomic E-state index is 12.7. The van der Waals surface area contributed by atoms with Crippen LogP contribution in [0, 0.1) is 10.1 Å². The van der Waals surface area contributed by atoms with E-state index in [0.717, 1.165) is 0 Å². The summed E-state index contributed by atoms with van der Waals surface area (Å²) in [5.41, 5.74) is 0.626. The van der Waals surface area contributed by atoms with Crippen molar-refractivity contribution >= 4 is 19.4 Å². The Morgan fingerprint density at radius 1 is 1.31 bits per heavy atom. The molecule has 0 aliphatic carbocycles. The van der Waals surface area contributed by atoms with E-state index >= 15 is 0 Å². The third-order valence-corrected chi connectivity index (χ3v) is 5.59. The van der Waals surface area contributed by atoms with Crippen LogP contribution in [0.1, 0.15) is 26.3 Å². The number of benzene rings is 1. The van der Waals surface area contributed by atoms with Crippen molar-refractivity contribution in [3.63, 3.8) is 0 Å². The van der Waals surface area contributed by atoms with Gasteiger partial charge in [0.25, 0.3) is 5.69 Å². The van der Waals surface area contributed by atoms with Crippen LogP contribution in [-0.2, 0) is 20.0 Å². The summed E-state index contributed by atoms with van der Waals surface area (Å²) in [6, 6.07) is 5.07. The Morgan fingerprint density at radius 2 is 1.85 bits per heavy atom. The van der Waals surface area contributed by atoms with Gasteiger partial charge < -0.3 is 19.5 Å². The number of amides is 1. The lowest BCUT2D eigenvalue weighted by molar-refractivity contribution is -0.384. The third kappa shape index (κ3) is 6.59. The number of carboxylic acid groups (broad SMARTS) is 1. The molecule has 0 spiro atoms. The van der Waals surface area contributed by atoms with E-state index in [9.17, 15) is 19.5 Å². The lowest BCUT2D eigenvalue weighted by Crippen LogP contribution is -2.34. The van der Waals surface area contributed by atoms with Crippen LogP contribution < -0.4 is 5.32 Å². The van der Waals surface area contributed by atoms with E-state index in [-0.39, 0.29) is 25.3 Å². The minimum absolute atomic E-state index is 0.0552. The molecule has 144 valence electrons. The summed E-state index contributed by atoms with van der Waals surface area (Å²) in [5.74, 6) is 0. The van der Waals surface area contributed by atoms with E-state index in [4.69, 9.17) is 14.2 Å². The molecule has 0 bridgehead atoms. The van der Waals surface area contributed by atoms with Crippen LogP contribution in [0.25, 0.3) is 0 Å². The summed E-state index contributed by atoms with van der Waals surface area (Å²) in [7, 11) is -3.49. The van der Waals surface area contributed by atoms with Crippen LogP contribution in [0.15, 0.2) is 35.7 Å². The number of nitrogens with one attached hydrogen (secondary N) is 1. The van der Waals surface area contributed by atoms with Gasteiger partial charge in [-0.1, -0.05) is 18.2 Å². The number of nitro groups is 1. The maximum Gasteiger partial charge on any atom is 0.405 e. The molecule has 0 radical (unpaired) electrons. The summed E-state index contributed by atoms with van der Waals surface area (Å²) >= 11 is 0. The average Bonchev–Trinajstić information content (AvgIpc) is 2.55. The molecule has 1 aromatic rings. The van der Waals surface area contributed by atoms with E-state index in [1.54, 1.807) is 32.9 Å². The quantitative estimate of drug-likeness (QED) is 0.354. The standard InChI is InChI=1S/C16H23N2O7P/c1-4-24-26(23,25-5-2)12(3)10-14(17-16(19)20)11-13-6-8-15(9-7-13)18(21)22/h6-10,14,17H,4-5,11H2,1-3H3,(H,19,20)/b12-10+. The zero-order chi connectivity index (χ0) is 19.7. The molecule has 0 heterocycles. The van der Waals surface area contributed by atoms with Crippen molar-refractivity contribution in [2.75, 3.05) is 13.2 Å². The molecule has 0 fully saturated rings. The van der Waals surface area contributed by atoms with Crippen molar-refractivity contribution in [1.82, 2.24) is 5.32 Å². The predicted octanol–water partition coefficient (Wildman–Crippen LogP) is 3.94. The smallest absolute Gasteiger partial charge is 0.405 e. The number of hydrogen-bond acceptors (Lipinski definition) is 6. The summed E-state index contributed by atoms with van der Waals surface area (Å²) in [4.78, 5) is 21.3. The first-order chi connectivity index (χ1) is 12.2. The van der Waals surface area contributed by atoms with Gasteiger partial charge in [0.2, 0.25) is 0 Å². The molecule has 0 saturated carbocycles. The fourth-order valence-electron chi connectivity index (χ4n) is 2.28. The molecular weight excluding hydrogens is 363 g/mol. The first-order valence-electron chi connectivity index (χ1n) is 8.02. The molecule has 9 nitrogen and oxygen atoms in total. The summed E-state index contributed by atoms with van der Waals surface area (Å²) in [6.45, 7) is 5.29. The predicted molar refractivity (Wildman–Crippen MR) is 96.4 cm³/mol. The molecule has 1 unspecified atom stereocenters. The zero-order valence-corrected chi connectivity index (χ0v) is 15.8. The van der Waals surface area contributed by atoms with Crippen molar-refractivity contribution in [3.8, 4) is 0 Å². The monoisotopic (exact) mass is 386 g/mol. The average molecular weight is 386 g/mol. The van der Waals surface area contributed by atoms with Crippen LogP contribution >= 0.6 is 7.60 Å². The lowest BCUT2D eigenvalue weighted by atomic mass is 10.1. The SMILES string of the molecule is CCOP(=O)(OCC)/C(C)=C/C(Cc1ccc([N+](=O)[O-])cc1)NC(=O)O. The second-order valence-electron chi connectivity index (χ2n) is 5.32. The minimum atomic E-state index is -3.49. The van der Waals surface area contributed by atoms with Gasteiger partial charge in [-0.05, 0) is 32.8 Å². The topological polar surface area (TPSA) is 128 Å². The second kappa shape index (κ2) is 10.1. The van der Waals surface area contributed by atoms with E-state index in [2.05, 4.69) is 5.32 Å². The molecule has 0 aromatic heterocycles. The highest BCUT2D eigenvalue weighted by Crippen LogP contribution is 2.55. The fraction of sp³-hybridized carbons (Fsp3) is 0.438. The third-order valence-electron chi connectivity index (χ3n) is 3.38. The Balaban J connectivity index is 3.06. The van der Waals surface area contributed by atoms with E-state index < -0.39 is 24.7 Å². The molecule has 0 aliphatic heterocycles. The van der Waals surface area contributed by atoms with Crippen molar-refractivity contribution in [2.45, 2.75) is 33.2 Å². The number of non-ortho nitro benzene ring substituents is 1. The van der Waals surface area contributed by atoms with E-state index in [1.807, 2.05) is 0 Å². The number of nitrogens with zero attached hydrogens (tertiary/aromatic N) is 1. The van der Waals surface area contributed by atoms with Crippen molar-refractivity contribution < 1.29 is 28.4 Å². The van der Waals surface area contributed by atoms with E-state index in [1.165, 1.54) is 18.2 Å². The van der Waals surface area contributed by atoms with Crippen LogP contribution in [0.5, 0.6) is 0 Å². The maximum absolute atomic E-state index is 12.7. The molecular formula is C16H23N2O7P. The molecule has 26 heavy (non-hydrogen) atoms. The van der Waals surface area contributed by atoms with Gasteiger partial charge in [0.1, 0.15) is 0 Å². The van der Waals surface area contributed by atoms with Gasteiger partial charge in [0, 0.05) is 17.4 Å². The van der Waals surface area contributed by atoms with E-state index in [0.29, 0.717) is 10.9 Å². The summed E-state index contributed by atoms with van der Waals surface area (Å²) in [5, 5.41) is 22.4. The number of allylic oxidation sites excluding steroid dienone is 1. The molecule has 1 aromatic carbocycles. The van der Waals surface area contributed by atoms with Crippen LogP contribution in [0.4, 0.5) is 10.5 Å². The molecule has 1 amide bonds. The minimum Gasteiger partial charge on any atom is -0.465 e. The van der Waals surface area contributed by atoms with Gasteiger partial charge >= 0.3 is 13.7 Å². The largest absolute Gasteiger partial charge is 0.465 e. The first-order valence-corrected chi connectivity index (χ1v) is 9.57. The van der Waals surface area contributed by atoms with Crippen molar-refractivity contribution in [3.05, 3.63) is 51.3 Å². The number of rotatable bonds is 10. The van der Waals surface area contributed by atoms with Crippen LogP contribution in [-0.4, -0.2) is 35.4 Å². The molecule has 0 aliphatic rings. The fourth-order valence-corrected chi connectivity index (χ4v) is 3.81. The van der Waals surface area contributed by atoms with Gasteiger partial charge in [0.05, 0.1) is 24.2 Å². The highest BCUT2D eigenvalue weighted by molar-refractivity contribution is 7.58. The summed E-state index contributed by atoms with van der Waals surface area (Å²) in [6.07, 6.45) is 0.463. The van der Waals surface area contributed by atoms with Gasteiger partial charge in [-0.3, -0.25) is 14.7 Å². The van der Waals surface area contributed by atoms with Gasteiger partial charge in [-0.2, -0.15) is 0 Å². The number of carbonyl (C=O) groups is 1. The highest BCUT2D eigenvalue weighted by Gasteiger charge is 2.27. The Hall–Kier alpha value is -2.22. The lowest BCUT2D eigenvalue weighted by Gasteiger charge is -2.20. The Kier molecular flexibility index (Phi) is 8.44. The Bertz CT molecular complexity index is 693.